The van der Waals surface area contributed by atoms with Crippen molar-refractivity contribution in [2.45, 2.75) is 46.1 Å². The van der Waals surface area contributed by atoms with E-state index in [-0.39, 0.29) is 0 Å². The molecule has 4 aromatic rings. The molecular weight excluding hydrogens is 612 g/mol. The van der Waals surface area contributed by atoms with Crippen LogP contribution in [0.5, 0.6) is 23.0 Å². The Balaban J connectivity index is 1.21. The van der Waals surface area contributed by atoms with Crippen LogP contribution in [0, 0.1) is 13.8 Å². The van der Waals surface area contributed by atoms with Crippen molar-refractivity contribution < 1.29 is 42.6 Å². The first-order valence-corrected chi connectivity index (χ1v) is 15.8. The van der Waals surface area contributed by atoms with Gasteiger partial charge < -0.3 is 23.7 Å². The van der Waals surface area contributed by atoms with Crippen molar-refractivity contribution in [3.63, 3.8) is 0 Å². The Hall–Kier alpha value is -5.64. The van der Waals surface area contributed by atoms with Gasteiger partial charge in [0.2, 0.25) is 6.33 Å². The molecule has 0 bridgehead atoms. The fraction of sp³-hybridized carbons (Fsp3) is 0.263. The summed E-state index contributed by atoms with van der Waals surface area (Å²) in [7, 11) is 0. The molecule has 10 heteroatoms. The second-order valence-electron chi connectivity index (χ2n) is 10.9. The maximum Gasteiger partial charge on any atom is 0.343 e. The molecule has 0 N–H and O–H groups in total. The Kier molecular flexibility index (Phi) is 13.1. The number of esters is 3. The largest absolute Gasteiger partial charge is 0.494 e. The minimum Gasteiger partial charge on any atom is -0.494 e. The van der Waals surface area contributed by atoms with Gasteiger partial charge in [-0.2, -0.15) is 0 Å². The zero-order valence-electron chi connectivity index (χ0n) is 27.4. The average Bonchev–Trinajstić information content (AvgIpc) is 3.57. The Morgan fingerprint density at radius 1 is 0.708 bits per heavy atom. The molecule has 4 rings (SSSR count). The fourth-order valence-electron chi connectivity index (χ4n) is 4.58. The van der Waals surface area contributed by atoms with Crippen LogP contribution in [-0.2, 0) is 16.1 Å². The van der Waals surface area contributed by atoms with Gasteiger partial charge in [0, 0.05) is 6.08 Å². The van der Waals surface area contributed by atoms with Crippen molar-refractivity contribution in [3.8, 4) is 23.0 Å². The molecule has 3 aromatic carbocycles. The third-order valence-electron chi connectivity index (χ3n) is 7.53. The molecule has 0 saturated carbocycles. The highest BCUT2D eigenvalue weighted by Crippen LogP contribution is 2.30. The molecule has 0 aliphatic heterocycles. The predicted molar refractivity (Wildman–Crippen MR) is 180 cm³/mol. The lowest BCUT2D eigenvalue weighted by Gasteiger charge is -2.14. The molecule has 0 aliphatic carbocycles. The van der Waals surface area contributed by atoms with Gasteiger partial charge in [0.15, 0.2) is 0 Å². The molecule has 0 amide bonds. The first-order valence-electron chi connectivity index (χ1n) is 15.8. The monoisotopic (exact) mass is 653 g/mol. The summed E-state index contributed by atoms with van der Waals surface area (Å²) in [5.74, 6) is 0.619. The van der Waals surface area contributed by atoms with Crippen molar-refractivity contribution in [1.82, 2.24) is 4.57 Å². The summed E-state index contributed by atoms with van der Waals surface area (Å²) < 4.78 is 31.7. The van der Waals surface area contributed by atoms with Crippen LogP contribution >= 0.6 is 0 Å². The Bertz CT molecular complexity index is 1710. The highest BCUT2D eigenvalue weighted by Gasteiger charge is 2.17. The molecule has 10 nitrogen and oxygen atoms in total. The second-order valence-corrected chi connectivity index (χ2v) is 10.9. The van der Waals surface area contributed by atoms with Crippen molar-refractivity contribution in [1.29, 1.82) is 0 Å². The van der Waals surface area contributed by atoms with Crippen molar-refractivity contribution in [2.75, 3.05) is 19.8 Å². The standard InChI is InChI=1S/C38H41N2O8/c1-5-36(41)46-25-10-8-7-9-24-44-32-15-11-30(12-16-32)37(42)47-34-19-20-35(29(4)28(34)3)48-38(43)31-13-17-33(18-14-31)45-26-23-40-22-21-39(6-2)27-40/h5-6,11-22,27H,1-2,7-10,23-26H2,3-4H3/q+1. The van der Waals surface area contributed by atoms with Crippen LogP contribution in [0.1, 0.15) is 57.5 Å². The van der Waals surface area contributed by atoms with E-state index in [0.717, 1.165) is 31.8 Å². The van der Waals surface area contributed by atoms with E-state index in [9.17, 15) is 14.4 Å². The van der Waals surface area contributed by atoms with Crippen LogP contribution < -0.4 is 23.5 Å². The predicted octanol–water partition coefficient (Wildman–Crippen LogP) is 6.68. The van der Waals surface area contributed by atoms with Gasteiger partial charge in [0.05, 0.1) is 30.5 Å². The zero-order valence-corrected chi connectivity index (χ0v) is 27.4. The molecule has 0 spiro atoms. The summed E-state index contributed by atoms with van der Waals surface area (Å²) in [5, 5.41) is 0. The number of unbranched alkanes of at least 4 members (excludes halogenated alkanes) is 3. The van der Waals surface area contributed by atoms with Gasteiger partial charge in [0.25, 0.3) is 0 Å². The summed E-state index contributed by atoms with van der Waals surface area (Å²) in [6, 6.07) is 16.8. The van der Waals surface area contributed by atoms with Gasteiger partial charge >= 0.3 is 17.9 Å². The van der Waals surface area contributed by atoms with Gasteiger partial charge in [-0.15, -0.1) is 0 Å². The quantitative estimate of drug-likeness (QED) is 0.0385. The number of aromatic nitrogens is 2. The van der Waals surface area contributed by atoms with E-state index in [2.05, 4.69) is 13.2 Å². The smallest absolute Gasteiger partial charge is 0.343 e. The molecule has 250 valence electrons. The first-order chi connectivity index (χ1) is 23.3. The summed E-state index contributed by atoms with van der Waals surface area (Å²) in [6.45, 7) is 12.8. The van der Waals surface area contributed by atoms with Crippen LogP contribution in [0.25, 0.3) is 6.20 Å². The summed E-state index contributed by atoms with van der Waals surface area (Å²) >= 11 is 0. The van der Waals surface area contributed by atoms with Gasteiger partial charge in [-0.25, -0.2) is 23.5 Å². The van der Waals surface area contributed by atoms with E-state index in [4.69, 9.17) is 23.7 Å². The molecule has 0 atom stereocenters. The topological polar surface area (TPSA) is 106 Å². The number of benzene rings is 3. The van der Waals surface area contributed by atoms with E-state index in [1.54, 1.807) is 80.7 Å². The Labute approximate surface area is 280 Å². The van der Waals surface area contributed by atoms with Crippen LogP contribution in [0.15, 0.2) is 98.6 Å². The van der Waals surface area contributed by atoms with Gasteiger partial charge in [-0.1, -0.05) is 13.2 Å². The van der Waals surface area contributed by atoms with Crippen LogP contribution in [0.2, 0.25) is 0 Å². The van der Waals surface area contributed by atoms with E-state index in [0.29, 0.717) is 71.6 Å². The summed E-state index contributed by atoms with van der Waals surface area (Å²) in [5.41, 5.74) is 2.11. The van der Waals surface area contributed by atoms with Gasteiger partial charge in [-0.3, -0.25) is 0 Å². The lowest BCUT2D eigenvalue weighted by atomic mass is 10.1. The number of nitrogens with zero attached hydrogens (tertiary/aromatic N) is 2. The van der Waals surface area contributed by atoms with Gasteiger partial charge in [-0.05, 0) is 111 Å². The number of ether oxygens (including phenoxy) is 5. The maximum absolute atomic E-state index is 12.9. The third-order valence-corrected chi connectivity index (χ3v) is 7.53. The molecular formula is C38H41N2O8+. The molecule has 0 radical (unpaired) electrons. The highest BCUT2D eigenvalue weighted by molar-refractivity contribution is 5.92. The number of hydrogen-bond acceptors (Lipinski definition) is 8. The zero-order chi connectivity index (χ0) is 34.3. The maximum atomic E-state index is 12.9. The first kappa shape index (κ1) is 35.2. The second kappa shape index (κ2) is 17.9. The average molecular weight is 654 g/mol. The fourth-order valence-corrected chi connectivity index (χ4v) is 4.58. The third kappa shape index (κ3) is 10.4. The number of carbonyl (C=O) groups excluding carboxylic acids is 3. The van der Waals surface area contributed by atoms with Crippen molar-refractivity contribution >= 4 is 24.1 Å². The van der Waals surface area contributed by atoms with E-state index < -0.39 is 17.9 Å². The lowest BCUT2D eigenvalue weighted by molar-refractivity contribution is -0.696. The highest BCUT2D eigenvalue weighted by atomic mass is 16.5. The molecule has 1 heterocycles. The van der Waals surface area contributed by atoms with Crippen molar-refractivity contribution in [2.24, 2.45) is 0 Å². The molecule has 0 saturated heterocycles. The molecule has 0 aliphatic rings. The minimum absolute atomic E-state index is 0.373. The van der Waals surface area contributed by atoms with Crippen LogP contribution in [-0.4, -0.2) is 42.3 Å². The Morgan fingerprint density at radius 2 is 1.23 bits per heavy atom. The number of rotatable bonds is 18. The van der Waals surface area contributed by atoms with Crippen LogP contribution in [0.3, 0.4) is 0 Å². The minimum atomic E-state index is -0.512. The van der Waals surface area contributed by atoms with Crippen LogP contribution in [0.4, 0.5) is 0 Å². The van der Waals surface area contributed by atoms with Crippen molar-refractivity contribution in [3.05, 3.63) is 121 Å². The van der Waals surface area contributed by atoms with Gasteiger partial charge in [0.1, 0.15) is 48.5 Å². The molecule has 48 heavy (non-hydrogen) atoms. The number of carbonyl (C=O) groups is 3. The SMILES string of the molecule is C=CC(=O)OCCCCCCOc1ccc(C(=O)Oc2ccc(OC(=O)c3ccc(OCC[n+]4ccn(C=C)c4)cc3)c(C)c2C)cc1. The summed E-state index contributed by atoms with van der Waals surface area (Å²) in [6.07, 6.45) is 12.1. The Morgan fingerprint density at radius 3 is 1.73 bits per heavy atom. The van der Waals surface area contributed by atoms with E-state index in [1.165, 1.54) is 0 Å². The molecule has 0 fully saturated rings. The number of hydrogen-bond donors (Lipinski definition) is 0. The summed E-state index contributed by atoms with van der Waals surface area (Å²) in [4.78, 5) is 36.8. The number of imidazole rings is 1. The molecule has 0 unspecified atom stereocenters. The van der Waals surface area contributed by atoms with E-state index in [1.807, 2.05) is 27.9 Å². The lowest BCUT2D eigenvalue weighted by Crippen LogP contribution is -2.34. The normalized spacial score (nSPS) is 10.5. The molecule has 1 aromatic heterocycles. The van der Waals surface area contributed by atoms with E-state index >= 15 is 0 Å².